The predicted molar refractivity (Wildman–Crippen MR) is 70.7 cm³/mol. The highest BCUT2D eigenvalue weighted by molar-refractivity contribution is 5.20. The lowest BCUT2D eigenvalue weighted by atomic mass is 10.0. The van der Waals surface area contributed by atoms with Gasteiger partial charge >= 0.3 is 0 Å². The van der Waals surface area contributed by atoms with Gasteiger partial charge in [0.15, 0.2) is 0 Å². The monoisotopic (exact) mass is 256 g/mol. The molecule has 0 aliphatic rings. The van der Waals surface area contributed by atoms with Crippen molar-refractivity contribution in [2.75, 3.05) is 19.6 Å². The highest BCUT2D eigenvalue weighted by Gasteiger charge is 2.37. The minimum atomic E-state index is -2.86. The molecule has 0 atom stereocenters. The number of nitrogens with zero attached hydrogens (tertiary/aromatic N) is 1. The standard InChI is InChI=1S/C14H22F2N2/c1-4-18(13(2,3)10-17)11-14(15,16)12-8-6-5-7-9-12/h5-9H,4,10-11,17H2,1-3H3. The van der Waals surface area contributed by atoms with E-state index in [1.807, 2.05) is 20.8 Å². The van der Waals surface area contributed by atoms with Gasteiger partial charge in [0.05, 0.1) is 6.54 Å². The van der Waals surface area contributed by atoms with Crippen LogP contribution in [0.25, 0.3) is 0 Å². The Bertz CT molecular complexity index is 363. The van der Waals surface area contributed by atoms with Crippen molar-refractivity contribution < 1.29 is 8.78 Å². The maximum absolute atomic E-state index is 14.2. The molecule has 1 aromatic carbocycles. The Labute approximate surface area is 108 Å². The van der Waals surface area contributed by atoms with E-state index in [-0.39, 0.29) is 12.1 Å². The molecule has 0 aliphatic carbocycles. The van der Waals surface area contributed by atoms with E-state index in [0.29, 0.717) is 13.1 Å². The number of rotatable bonds is 6. The van der Waals surface area contributed by atoms with Gasteiger partial charge in [-0.2, -0.15) is 8.78 Å². The maximum Gasteiger partial charge on any atom is 0.285 e. The summed E-state index contributed by atoms with van der Waals surface area (Å²) in [7, 11) is 0. The highest BCUT2D eigenvalue weighted by Crippen LogP contribution is 2.30. The molecule has 0 aliphatic heterocycles. The van der Waals surface area contributed by atoms with Crippen LogP contribution in [0.2, 0.25) is 0 Å². The fourth-order valence-corrected chi connectivity index (χ4v) is 1.90. The molecule has 1 aromatic rings. The zero-order valence-corrected chi connectivity index (χ0v) is 11.3. The largest absolute Gasteiger partial charge is 0.329 e. The van der Waals surface area contributed by atoms with Gasteiger partial charge in [0.1, 0.15) is 0 Å². The highest BCUT2D eigenvalue weighted by atomic mass is 19.3. The van der Waals surface area contributed by atoms with Crippen molar-refractivity contribution in [2.45, 2.75) is 32.2 Å². The molecule has 0 saturated heterocycles. The van der Waals surface area contributed by atoms with Crippen LogP contribution >= 0.6 is 0 Å². The molecule has 1 rings (SSSR count). The van der Waals surface area contributed by atoms with Gasteiger partial charge in [-0.05, 0) is 20.4 Å². The van der Waals surface area contributed by atoms with Crippen molar-refractivity contribution in [3.05, 3.63) is 35.9 Å². The summed E-state index contributed by atoms with van der Waals surface area (Å²) in [6, 6.07) is 7.93. The van der Waals surface area contributed by atoms with Crippen LogP contribution in [0.1, 0.15) is 26.3 Å². The molecular weight excluding hydrogens is 234 g/mol. The maximum atomic E-state index is 14.2. The molecule has 0 heterocycles. The summed E-state index contributed by atoms with van der Waals surface area (Å²) in [4.78, 5) is 1.72. The first-order valence-corrected chi connectivity index (χ1v) is 6.22. The lowest BCUT2D eigenvalue weighted by molar-refractivity contribution is -0.0589. The third-order valence-corrected chi connectivity index (χ3v) is 3.32. The first-order chi connectivity index (χ1) is 8.33. The van der Waals surface area contributed by atoms with Gasteiger partial charge in [-0.3, -0.25) is 4.90 Å². The molecule has 0 amide bonds. The van der Waals surface area contributed by atoms with Gasteiger partial charge in [0.25, 0.3) is 5.92 Å². The Morgan fingerprint density at radius 1 is 1.17 bits per heavy atom. The first kappa shape index (κ1) is 15.1. The van der Waals surface area contributed by atoms with E-state index in [1.165, 1.54) is 12.1 Å². The number of halogens is 2. The summed E-state index contributed by atoms with van der Waals surface area (Å²) >= 11 is 0. The number of benzene rings is 1. The zero-order chi connectivity index (χ0) is 13.8. The summed E-state index contributed by atoms with van der Waals surface area (Å²) in [5.74, 6) is -2.86. The summed E-state index contributed by atoms with van der Waals surface area (Å²) < 4.78 is 28.4. The Morgan fingerprint density at radius 3 is 2.17 bits per heavy atom. The SMILES string of the molecule is CCN(CC(F)(F)c1ccccc1)C(C)(C)CN. The molecule has 0 saturated carbocycles. The van der Waals surface area contributed by atoms with Gasteiger partial charge < -0.3 is 5.73 Å². The van der Waals surface area contributed by atoms with E-state index in [9.17, 15) is 8.78 Å². The quantitative estimate of drug-likeness (QED) is 0.848. The third kappa shape index (κ3) is 3.50. The first-order valence-electron chi connectivity index (χ1n) is 6.22. The molecule has 0 fully saturated rings. The van der Waals surface area contributed by atoms with Crippen LogP contribution in [0.4, 0.5) is 8.78 Å². The van der Waals surface area contributed by atoms with Crippen molar-refractivity contribution >= 4 is 0 Å². The average molecular weight is 256 g/mol. The van der Waals surface area contributed by atoms with Crippen molar-refractivity contribution in [3.8, 4) is 0 Å². The molecule has 102 valence electrons. The third-order valence-electron chi connectivity index (χ3n) is 3.32. The molecule has 0 spiro atoms. The number of nitrogens with two attached hydrogens (primary N) is 1. The van der Waals surface area contributed by atoms with Gasteiger partial charge in [-0.1, -0.05) is 37.3 Å². The number of likely N-dealkylation sites (N-methyl/N-ethyl adjacent to an activating group) is 1. The molecular formula is C14H22F2N2. The fourth-order valence-electron chi connectivity index (χ4n) is 1.90. The number of hydrogen-bond donors (Lipinski definition) is 1. The van der Waals surface area contributed by atoms with Gasteiger partial charge in [0, 0.05) is 17.6 Å². The van der Waals surface area contributed by atoms with E-state index in [4.69, 9.17) is 5.73 Å². The second-order valence-electron chi connectivity index (χ2n) is 5.10. The van der Waals surface area contributed by atoms with E-state index in [1.54, 1.807) is 23.1 Å². The molecule has 18 heavy (non-hydrogen) atoms. The Morgan fingerprint density at radius 2 is 1.72 bits per heavy atom. The summed E-state index contributed by atoms with van der Waals surface area (Å²) in [5.41, 5.74) is 5.28. The van der Waals surface area contributed by atoms with Crippen LogP contribution < -0.4 is 5.73 Å². The van der Waals surface area contributed by atoms with E-state index in [0.717, 1.165) is 0 Å². The van der Waals surface area contributed by atoms with Crippen LogP contribution in [0.15, 0.2) is 30.3 Å². The van der Waals surface area contributed by atoms with Crippen LogP contribution in [0, 0.1) is 0 Å². The van der Waals surface area contributed by atoms with E-state index < -0.39 is 11.5 Å². The smallest absolute Gasteiger partial charge is 0.285 e. The molecule has 0 radical (unpaired) electrons. The molecule has 0 unspecified atom stereocenters. The lowest BCUT2D eigenvalue weighted by Crippen LogP contribution is -2.52. The number of hydrogen-bond acceptors (Lipinski definition) is 2. The van der Waals surface area contributed by atoms with Crippen molar-refractivity contribution in [2.24, 2.45) is 5.73 Å². The van der Waals surface area contributed by atoms with Crippen molar-refractivity contribution in [1.82, 2.24) is 4.90 Å². The fraction of sp³-hybridized carbons (Fsp3) is 0.571. The second kappa shape index (κ2) is 5.76. The molecule has 0 aromatic heterocycles. The minimum absolute atomic E-state index is 0.0521. The topological polar surface area (TPSA) is 29.3 Å². The second-order valence-corrected chi connectivity index (χ2v) is 5.10. The predicted octanol–water partition coefficient (Wildman–Crippen LogP) is 2.84. The van der Waals surface area contributed by atoms with Gasteiger partial charge in [-0.15, -0.1) is 0 Å². The van der Waals surface area contributed by atoms with Crippen molar-refractivity contribution in [3.63, 3.8) is 0 Å². The summed E-state index contributed by atoms with van der Waals surface area (Å²) in [6.45, 7) is 6.24. The van der Waals surface area contributed by atoms with Gasteiger partial charge in [0.2, 0.25) is 0 Å². The van der Waals surface area contributed by atoms with Crippen LogP contribution in [-0.4, -0.2) is 30.1 Å². The van der Waals surface area contributed by atoms with Gasteiger partial charge in [-0.25, -0.2) is 0 Å². The molecule has 2 nitrogen and oxygen atoms in total. The minimum Gasteiger partial charge on any atom is -0.329 e. The van der Waals surface area contributed by atoms with E-state index in [2.05, 4.69) is 0 Å². The molecule has 0 bridgehead atoms. The Balaban J connectivity index is 2.88. The summed E-state index contributed by atoms with van der Waals surface area (Å²) in [6.07, 6.45) is 0. The normalized spacial score (nSPS) is 13.1. The summed E-state index contributed by atoms with van der Waals surface area (Å²) in [5, 5.41) is 0. The van der Waals surface area contributed by atoms with Crippen molar-refractivity contribution in [1.29, 1.82) is 0 Å². The Hall–Kier alpha value is -1.00. The molecule has 4 heteroatoms. The van der Waals surface area contributed by atoms with Crippen LogP contribution in [0.3, 0.4) is 0 Å². The van der Waals surface area contributed by atoms with Crippen LogP contribution in [0.5, 0.6) is 0 Å². The Kier molecular flexibility index (Phi) is 4.82. The van der Waals surface area contributed by atoms with Crippen LogP contribution in [-0.2, 0) is 5.92 Å². The average Bonchev–Trinajstić information content (AvgIpc) is 2.37. The number of alkyl halides is 2. The lowest BCUT2D eigenvalue weighted by Gasteiger charge is -2.39. The van der Waals surface area contributed by atoms with E-state index >= 15 is 0 Å². The zero-order valence-electron chi connectivity index (χ0n) is 11.3. The molecule has 2 N–H and O–H groups in total.